The number of rotatable bonds is 6. The van der Waals surface area contributed by atoms with Crippen LogP contribution < -0.4 is 5.32 Å². The second-order valence-corrected chi connectivity index (χ2v) is 3.65. The number of hydrogen-bond acceptors (Lipinski definition) is 3. The van der Waals surface area contributed by atoms with E-state index < -0.39 is 5.97 Å². The Kier molecular flexibility index (Phi) is 4.57. The van der Waals surface area contributed by atoms with E-state index in [2.05, 4.69) is 5.32 Å². The number of carbonyl (C=O) groups excluding carboxylic acids is 1. The van der Waals surface area contributed by atoms with E-state index in [0.717, 1.165) is 0 Å². The molecule has 5 nitrogen and oxygen atoms in total. The van der Waals surface area contributed by atoms with Gasteiger partial charge in [0.1, 0.15) is 6.26 Å². The largest absolute Gasteiger partial charge is 0.481 e. The molecule has 2 N–H and O–H groups in total. The molecule has 0 aliphatic rings. The standard InChI is InChI=1S/C11H15NO4/c1-8(11(14)15)3-2-5-12-10(13)9-4-6-16-7-9/h4,6-8H,2-3,5H2,1H3,(H,12,13)(H,14,15). The van der Waals surface area contributed by atoms with Gasteiger partial charge in [-0.2, -0.15) is 0 Å². The minimum atomic E-state index is -0.804. The zero-order valence-electron chi connectivity index (χ0n) is 9.10. The Hall–Kier alpha value is -1.78. The van der Waals surface area contributed by atoms with E-state index >= 15 is 0 Å². The van der Waals surface area contributed by atoms with Crippen LogP contribution in [-0.4, -0.2) is 23.5 Å². The fourth-order valence-electron chi connectivity index (χ4n) is 1.23. The Morgan fingerprint density at radius 1 is 1.56 bits per heavy atom. The van der Waals surface area contributed by atoms with E-state index in [4.69, 9.17) is 9.52 Å². The molecule has 0 saturated heterocycles. The van der Waals surface area contributed by atoms with Crippen molar-refractivity contribution in [2.75, 3.05) is 6.54 Å². The third kappa shape index (κ3) is 3.76. The average molecular weight is 225 g/mol. The first kappa shape index (κ1) is 12.3. The molecule has 88 valence electrons. The highest BCUT2D eigenvalue weighted by Crippen LogP contribution is 2.05. The molecule has 0 saturated carbocycles. The first-order valence-corrected chi connectivity index (χ1v) is 5.14. The first-order valence-electron chi connectivity index (χ1n) is 5.14. The molecule has 0 radical (unpaired) electrons. The molecule has 1 amide bonds. The van der Waals surface area contributed by atoms with Crippen molar-refractivity contribution in [1.29, 1.82) is 0 Å². The Bertz CT molecular complexity index is 345. The molecule has 1 heterocycles. The summed E-state index contributed by atoms with van der Waals surface area (Å²) >= 11 is 0. The number of furan rings is 1. The van der Waals surface area contributed by atoms with Crippen molar-refractivity contribution >= 4 is 11.9 Å². The zero-order chi connectivity index (χ0) is 12.0. The molecule has 1 rings (SSSR count). The molecule has 0 aromatic carbocycles. The topological polar surface area (TPSA) is 79.5 Å². The van der Waals surface area contributed by atoms with Gasteiger partial charge in [0.05, 0.1) is 17.7 Å². The number of carboxylic acids is 1. The van der Waals surface area contributed by atoms with Crippen LogP contribution in [0.4, 0.5) is 0 Å². The molecular weight excluding hydrogens is 210 g/mol. The Morgan fingerprint density at radius 3 is 2.88 bits per heavy atom. The molecule has 1 unspecified atom stereocenters. The van der Waals surface area contributed by atoms with Gasteiger partial charge >= 0.3 is 5.97 Å². The Morgan fingerprint density at radius 2 is 2.31 bits per heavy atom. The fourth-order valence-corrected chi connectivity index (χ4v) is 1.23. The SMILES string of the molecule is CC(CCCNC(=O)c1ccoc1)C(=O)O. The van der Waals surface area contributed by atoms with Gasteiger partial charge in [0.15, 0.2) is 0 Å². The van der Waals surface area contributed by atoms with Gasteiger partial charge in [0, 0.05) is 6.54 Å². The van der Waals surface area contributed by atoms with Crippen LogP contribution in [0.2, 0.25) is 0 Å². The van der Waals surface area contributed by atoms with Crippen molar-refractivity contribution in [2.45, 2.75) is 19.8 Å². The van der Waals surface area contributed by atoms with Crippen LogP contribution in [0, 0.1) is 5.92 Å². The maximum Gasteiger partial charge on any atom is 0.306 e. The van der Waals surface area contributed by atoms with Crippen LogP contribution >= 0.6 is 0 Å². The molecule has 5 heteroatoms. The number of amides is 1. The van der Waals surface area contributed by atoms with E-state index in [1.807, 2.05) is 0 Å². The summed E-state index contributed by atoms with van der Waals surface area (Å²) in [4.78, 5) is 21.9. The van der Waals surface area contributed by atoms with Crippen LogP contribution in [0.15, 0.2) is 23.0 Å². The molecule has 16 heavy (non-hydrogen) atoms. The van der Waals surface area contributed by atoms with Crippen LogP contribution in [-0.2, 0) is 4.79 Å². The van der Waals surface area contributed by atoms with Crippen molar-refractivity contribution in [3.05, 3.63) is 24.2 Å². The van der Waals surface area contributed by atoms with Crippen molar-refractivity contribution in [2.24, 2.45) is 5.92 Å². The van der Waals surface area contributed by atoms with Crippen LogP contribution in [0.25, 0.3) is 0 Å². The second kappa shape index (κ2) is 5.95. The monoisotopic (exact) mass is 225 g/mol. The van der Waals surface area contributed by atoms with Gasteiger partial charge in [-0.15, -0.1) is 0 Å². The molecule has 0 fully saturated rings. The summed E-state index contributed by atoms with van der Waals surface area (Å²) in [6.07, 6.45) is 4.01. The fraction of sp³-hybridized carbons (Fsp3) is 0.455. The molecule has 0 aliphatic heterocycles. The van der Waals surface area contributed by atoms with Gasteiger partial charge in [-0.1, -0.05) is 6.92 Å². The lowest BCUT2D eigenvalue weighted by molar-refractivity contribution is -0.141. The van der Waals surface area contributed by atoms with Crippen molar-refractivity contribution in [3.8, 4) is 0 Å². The molecular formula is C11H15NO4. The Labute approximate surface area is 93.4 Å². The lowest BCUT2D eigenvalue weighted by atomic mass is 10.1. The highest BCUT2D eigenvalue weighted by Gasteiger charge is 2.10. The quantitative estimate of drug-likeness (QED) is 0.719. The van der Waals surface area contributed by atoms with Crippen LogP contribution in [0.3, 0.4) is 0 Å². The van der Waals surface area contributed by atoms with E-state index in [9.17, 15) is 9.59 Å². The average Bonchev–Trinajstić information content (AvgIpc) is 2.76. The summed E-state index contributed by atoms with van der Waals surface area (Å²) in [6.45, 7) is 2.13. The number of carbonyl (C=O) groups is 2. The van der Waals surface area contributed by atoms with Gasteiger partial charge in [0.2, 0.25) is 0 Å². The second-order valence-electron chi connectivity index (χ2n) is 3.65. The van der Waals surface area contributed by atoms with E-state index in [0.29, 0.717) is 24.9 Å². The van der Waals surface area contributed by atoms with Crippen molar-refractivity contribution in [1.82, 2.24) is 5.32 Å². The lowest BCUT2D eigenvalue weighted by Gasteiger charge is -2.06. The van der Waals surface area contributed by atoms with Gasteiger partial charge in [-0.05, 0) is 18.9 Å². The number of hydrogen-bond donors (Lipinski definition) is 2. The molecule has 1 aromatic rings. The summed E-state index contributed by atoms with van der Waals surface area (Å²) < 4.78 is 4.77. The summed E-state index contributed by atoms with van der Waals surface area (Å²) in [5.41, 5.74) is 0.478. The predicted octanol–water partition coefficient (Wildman–Crippen LogP) is 1.51. The van der Waals surface area contributed by atoms with E-state index in [-0.39, 0.29) is 11.8 Å². The molecule has 0 aliphatic carbocycles. The maximum absolute atomic E-state index is 11.4. The predicted molar refractivity (Wildman–Crippen MR) is 57.1 cm³/mol. The Balaban J connectivity index is 2.17. The molecule has 0 bridgehead atoms. The number of nitrogens with one attached hydrogen (secondary N) is 1. The van der Waals surface area contributed by atoms with Crippen LogP contribution in [0.5, 0.6) is 0 Å². The van der Waals surface area contributed by atoms with Gasteiger partial charge < -0.3 is 14.8 Å². The number of carboxylic acid groups (broad SMARTS) is 1. The highest BCUT2D eigenvalue weighted by molar-refractivity contribution is 5.93. The minimum absolute atomic E-state index is 0.197. The number of aliphatic carboxylic acids is 1. The normalized spacial score (nSPS) is 12.1. The summed E-state index contributed by atoms with van der Waals surface area (Å²) in [6, 6.07) is 1.58. The zero-order valence-corrected chi connectivity index (χ0v) is 9.10. The lowest BCUT2D eigenvalue weighted by Crippen LogP contribution is -2.24. The van der Waals surface area contributed by atoms with Crippen molar-refractivity contribution < 1.29 is 19.1 Å². The summed E-state index contributed by atoms with van der Waals surface area (Å²) in [5.74, 6) is -1.37. The van der Waals surface area contributed by atoms with Crippen LogP contribution in [0.1, 0.15) is 30.1 Å². The van der Waals surface area contributed by atoms with E-state index in [1.54, 1.807) is 13.0 Å². The smallest absolute Gasteiger partial charge is 0.306 e. The van der Waals surface area contributed by atoms with Gasteiger partial charge in [-0.25, -0.2) is 0 Å². The first-order chi connectivity index (χ1) is 7.61. The molecule has 0 spiro atoms. The summed E-state index contributed by atoms with van der Waals surface area (Å²) in [7, 11) is 0. The van der Waals surface area contributed by atoms with Gasteiger partial charge in [-0.3, -0.25) is 9.59 Å². The molecule has 1 aromatic heterocycles. The summed E-state index contributed by atoms with van der Waals surface area (Å²) in [5, 5.41) is 11.3. The third-order valence-electron chi connectivity index (χ3n) is 2.30. The molecule has 1 atom stereocenters. The van der Waals surface area contributed by atoms with Crippen molar-refractivity contribution in [3.63, 3.8) is 0 Å². The highest BCUT2D eigenvalue weighted by atomic mass is 16.4. The van der Waals surface area contributed by atoms with E-state index in [1.165, 1.54) is 12.5 Å². The maximum atomic E-state index is 11.4. The third-order valence-corrected chi connectivity index (χ3v) is 2.30. The minimum Gasteiger partial charge on any atom is -0.481 e. The van der Waals surface area contributed by atoms with Gasteiger partial charge in [0.25, 0.3) is 5.91 Å².